The summed E-state index contributed by atoms with van der Waals surface area (Å²) in [5.41, 5.74) is 5.10. The fourth-order valence-electron chi connectivity index (χ4n) is 6.12. The summed E-state index contributed by atoms with van der Waals surface area (Å²) in [6.07, 6.45) is 8.88. The molecule has 2 aromatic heterocycles. The molecule has 1 saturated carbocycles. The lowest BCUT2D eigenvalue weighted by atomic mass is 9.72. The van der Waals surface area contributed by atoms with Crippen molar-refractivity contribution in [3.05, 3.63) is 82.4 Å². The maximum Gasteiger partial charge on any atom is 0.259 e. The molecule has 0 radical (unpaired) electrons. The third-order valence-electron chi connectivity index (χ3n) is 8.06. The van der Waals surface area contributed by atoms with Crippen LogP contribution in [0.5, 0.6) is 0 Å². The zero-order valence-corrected chi connectivity index (χ0v) is 20.1. The number of hydrogen-bond acceptors (Lipinski definition) is 5. The Morgan fingerprint density at radius 3 is 2.49 bits per heavy atom. The van der Waals surface area contributed by atoms with Crippen molar-refractivity contribution in [3.63, 3.8) is 0 Å². The smallest absolute Gasteiger partial charge is 0.259 e. The van der Waals surface area contributed by atoms with Crippen molar-refractivity contribution in [1.29, 1.82) is 0 Å². The Morgan fingerprint density at radius 2 is 1.74 bits per heavy atom. The van der Waals surface area contributed by atoms with Gasteiger partial charge in [-0.15, -0.1) is 0 Å². The number of aromatic nitrogens is 2. The first-order valence-electron chi connectivity index (χ1n) is 11.9. The van der Waals surface area contributed by atoms with Crippen LogP contribution in [0.15, 0.2) is 55.1 Å². The molecule has 1 aliphatic carbocycles. The van der Waals surface area contributed by atoms with Crippen LogP contribution in [0, 0.1) is 12.3 Å². The Labute approximate surface area is 208 Å². The Balaban J connectivity index is 1.07. The number of nitrogens with zero attached hydrogens (tertiary/aromatic N) is 5. The molecule has 2 spiro atoms. The Morgan fingerprint density at radius 1 is 0.971 bits per heavy atom. The highest BCUT2D eigenvalue weighted by Gasteiger charge is 2.59. The largest absolute Gasteiger partial charge is 0.369 e. The third kappa shape index (κ3) is 2.97. The van der Waals surface area contributed by atoms with Gasteiger partial charge in [0.15, 0.2) is 0 Å². The number of anilines is 2. The second-order valence-electron chi connectivity index (χ2n) is 10.5. The molecule has 8 heteroatoms. The first-order chi connectivity index (χ1) is 16.9. The minimum atomic E-state index is -0.285. The molecule has 0 N–H and O–H groups in total. The number of amides is 2. The first-order valence-corrected chi connectivity index (χ1v) is 12.3. The lowest BCUT2D eigenvalue weighted by Crippen LogP contribution is -2.73. The van der Waals surface area contributed by atoms with Gasteiger partial charge in [-0.25, -0.2) is 0 Å². The lowest BCUT2D eigenvalue weighted by Gasteiger charge is -2.60. The molecule has 7 nitrogen and oxygen atoms in total. The van der Waals surface area contributed by atoms with E-state index in [1.165, 1.54) is 0 Å². The van der Waals surface area contributed by atoms with Crippen LogP contribution in [-0.4, -0.2) is 52.9 Å². The van der Waals surface area contributed by atoms with Crippen molar-refractivity contribution >= 4 is 34.8 Å². The molecule has 2 saturated heterocycles. The van der Waals surface area contributed by atoms with E-state index in [0.29, 0.717) is 10.6 Å². The number of rotatable bonds is 3. The number of hydrogen-bond donors (Lipinski definition) is 0. The minimum absolute atomic E-state index is 0.0204. The third-order valence-corrected chi connectivity index (χ3v) is 8.30. The van der Waals surface area contributed by atoms with Crippen molar-refractivity contribution in [2.45, 2.75) is 25.3 Å². The number of pyridine rings is 2. The lowest BCUT2D eigenvalue weighted by molar-refractivity contribution is -0.0105. The maximum atomic E-state index is 13.3. The molecule has 7 rings (SSSR count). The molecule has 3 aliphatic heterocycles. The van der Waals surface area contributed by atoms with Gasteiger partial charge in [-0.1, -0.05) is 11.6 Å². The van der Waals surface area contributed by atoms with Gasteiger partial charge in [-0.2, -0.15) is 0 Å². The second-order valence-corrected chi connectivity index (χ2v) is 10.9. The topological polar surface area (TPSA) is 69.6 Å². The van der Waals surface area contributed by atoms with Gasteiger partial charge in [0, 0.05) is 54.6 Å². The first kappa shape index (κ1) is 20.9. The van der Waals surface area contributed by atoms with E-state index in [2.05, 4.69) is 20.9 Å². The fraction of sp³-hybridized carbons (Fsp3) is 0.333. The normalized spacial score (nSPS) is 20.6. The van der Waals surface area contributed by atoms with E-state index >= 15 is 0 Å². The van der Waals surface area contributed by atoms with Gasteiger partial charge in [0.1, 0.15) is 0 Å². The number of benzene rings is 1. The van der Waals surface area contributed by atoms with Crippen LogP contribution in [0.25, 0.3) is 0 Å². The molecule has 0 atom stereocenters. The van der Waals surface area contributed by atoms with Crippen LogP contribution in [-0.2, 0) is 5.54 Å². The zero-order valence-electron chi connectivity index (χ0n) is 19.4. The molecule has 0 unspecified atom stereocenters. The maximum absolute atomic E-state index is 13.3. The highest BCUT2D eigenvalue weighted by Crippen LogP contribution is 2.58. The van der Waals surface area contributed by atoms with E-state index in [-0.39, 0.29) is 22.8 Å². The Kier molecular flexibility index (Phi) is 4.20. The molecule has 2 amide bonds. The highest BCUT2D eigenvalue weighted by molar-refractivity contribution is 6.31. The van der Waals surface area contributed by atoms with Crippen LogP contribution in [0.3, 0.4) is 0 Å². The fourth-order valence-corrected chi connectivity index (χ4v) is 6.29. The molecular formula is C27H24ClN5O2. The SMILES string of the molecule is Cc1ccncc1C(=O)N1CC2(C1)CN(c1cncc(N3C(=O)c4ccc(Cl)cc4C34CC4)c1)C2. The number of halogens is 1. The predicted octanol–water partition coefficient (Wildman–Crippen LogP) is 4.05. The Hall–Kier alpha value is -3.45. The molecule has 176 valence electrons. The van der Waals surface area contributed by atoms with E-state index in [4.69, 9.17) is 11.6 Å². The minimum Gasteiger partial charge on any atom is -0.369 e. The molecule has 3 aromatic rings. The van der Waals surface area contributed by atoms with Crippen LogP contribution in [0.2, 0.25) is 5.02 Å². The van der Waals surface area contributed by atoms with E-state index in [1.54, 1.807) is 24.7 Å². The number of aryl methyl sites for hydroxylation is 1. The van der Waals surface area contributed by atoms with E-state index in [1.807, 2.05) is 41.1 Å². The van der Waals surface area contributed by atoms with Gasteiger partial charge in [0.25, 0.3) is 11.8 Å². The van der Waals surface area contributed by atoms with Gasteiger partial charge in [-0.05, 0) is 61.2 Å². The average Bonchev–Trinajstić information content (AvgIpc) is 3.55. The Bertz CT molecular complexity index is 1400. The molecule has 5 heterocycles. The summed E-state index contributed by atoms with van der Waals surface area (Å²) in [6, 6.07) is 9.51. The number of carbonyl (C=O) groups excluding carboxylic acids is 2. The van der Waals surface area contributed by atoms with Crippen molar-refractivity contribution < 1.29 is 9.59 Å². The van der Waals surface area contributed by atoms with E-state index in [0.717, 1.165) is 67.1 Å². The van der Waals surface area contributed by atoms with Crippen molar-refractivity contribution in [2.24, 2.45) is 5.41 Å². The molecule has 3 fully saturated rings. The van der Waals surface area contributed by atoms with Crippen molar-refractivity contribution in [3.8, 4) is 0 Å². The van der Waals surface area contributed by atoms with Gasteiger partial charge >= 0.3 is 0 Å². The molecular weight excluding hydrogens is 462 g/mol. The van der Waals surface area contributed by atoms with Crippen molar-refractivity contribution in [2.75, 3.05) is 36.0 Å². The van der Waals surface area contributed by atoms with Gasteiger partial charge < -0.3 is 9.80 Å². The van der Waals surface area contributed by atoms with E-state index < -0.39 is 0 Å². The predicted molar refractivity (Wildman–Crippen MR) is 133 cm³/mol. The van der Waals surface area contributed by atoms with Crippen LogP contribution in [0.4, 0.5) is 11.4 Å². The standard InChI is InChI=1S/C27H24ClN5O2/c1-17-4-7-29-12-22(17)24(34)32-15-26(16-32)13-31(14-26)19-9-20(11-30-10-19)33-25(35)21-3-2-18(28)8-23(21)27(33)5-6-27/h2-4,7-12H,5-6,13-16H2,1H3. The van der Waals surface area contributed by atoms with E-state index in [9.17, 15) is 9.59 Å². The zero-order chi connectivity index (χ0) is 23.9. The number of fused-ring (bicyclic) bond motifs is 2. The molecule has 35 heavy (non-hydrogen) atoms. The quantitative estimate of drug-likeness (QED) is 0.559. The summed E-state index contributed by atoms with van der Waals surface area (Å²) in [7, 11) is 0. The summed E-state index contributed by atoms with van der Waals surface area (Å²) >= 11 is 6.25. The second kappa shape index (κ2) is 7.04. The summed E-state index contributed by atoms with van der Waals surface area (Å²) in [5.74, 6) is 0.0809. The monoisotopic (exact) mass is 485 g/mol. The summed E-state index contributed by atoms with van der Waals surface area (Å²) < 4.78 is 0. The average molecular weight is 486 g/mol. The van der Waals surface area contributed by atoms with Crippen LogP contribution >= 0.6 is 11.6 Å². The summed E-state index contributed by atoms with van der Waals surface area (Å²) in [6.45, 7) is 5.21. The number of likely N-dealkylation sites (tertiary alicyclic amines) is 1. The summed E-state index contributed by atoms with van der Waals surface area (Å²) in [5, 5.41) is 0.661. The molecule has 1 aromatic carbocycles. The number of carbonyl (C=O) groups is 2. The molecule has 0 bridgehead atoms. The van der Waals surface area contributed by atoms with Crippen LogP contribution < -0.4 is 9.80 Å². The van der Waals surface area contributed by atoms with Crippen LogP contribution in [0.1, 0.15) is 44.7 Å². The van der Waals surface area contributed by atoms with Gasteiger partial charge in [0.2, 0.25) is 0 Å². The van der Waals surface area contributed by atoms with Gasteiger partial charge in [-0.3, -0.25) is 24.5 Å². The highest BCUT2D eigenvalue weighted by atomic mass is 35.5. The molecule has 4 aliphatic rings. The van der Waals surface area contributed by atoms with Gasteiger partial charge in [0.05, 0.1) is 34.9 Å². The summed E-state index contributed by atoms with van der Waals surface area (Å²) in [4.78, 5) is 40.9. The van der Waals surface area contributed by atoms with Crippen molar-refractivity contribution in [1.82, 2.24) is 14.9 Å².